The summed E-state index contributed by atoms with van der Waals surface area (Å²) in [6, 6.07) is 11.4. The summed E-state index contributed by atoms with van der Waals surface area (Å²) in [6.07, 6.45) is 0. The number of hydrogen-bond acceptors (Lipinski definition) is 6. The number of ether oxygens (including phenoxy) is 4. The van der Waals surface area contributed by atoms with Crippen LogP contribution in [0.5, 0.6) is 23.0 Å². The van der Waals surface area contributed by atoms with Crippen molar-refractivity contribution >= 4 is 17.7 Å². The Morgan fingerprint density at radius 1 is 1.00 bits per heavy atom. The molecule has 2 aliphatic rings. The molecule has 1 amide bonds. The lowest BCUT2D eigenvalue weighted by Gasteiger charge is -2.19. The van der Waals surface area contributed by atoms with Crippen molar-refractivity contribution in [1.29, 1.82) is 0 Å². The Balaban J connectivity index is 1.33. The fourth-order valence-corrected chi connectivity index (χ4v) is 3.66. The lowest BCUT2D eigenvalue weighted by Crippen LogP contribution is -2.30. The van der Waals surface area contributed by atoms with Crippen LogP contribution in [0.25, 0.3) is 0 Å². The van der Waals surface area contributed by atoms with Crippen LogP contribution in [0.4, 0.5) is 0 Å². The number of nitrogens with one attached hydrogen (secondary N) is 1. The van der Waals surface area contributed by atoms with Gasteiger partial charge in [-0.25, -0.2) is 0 Å². The molecule has 0 aliphatic carbocycles. The van der Waals surface area contributed by atoms with E-state index >= 15 is 0 Å². The predicted molar refractivity (Wildman–Crippen MR) is 97.2 cm³/mol. The molecule has 2 aliphatic heterocycles. The maximum absolute atomic E-state index is 12.4. The van der Waals surface area contributed by atoms with Gasteiger partial charge in [0, 0.05) is 11.4 Å². The Morgan fingerprint density at radius 3 is 2.58 bits per heavy atom. The normalized spacial score (nSPS) is 15.4. The second-order valence-electron chi connectivity index (χ2n) is 5.97. The minimum Gasteiger partial charge on any atom is -0.486 e. The van der Waals surface area contributed by atoms with Crippen LogP contribution >= 0.6 is 11.8 Å². The third kappa shape index (κ3) is 3.67. The van der Waals surface area contributed by atoms with E-state index in [0.717, 1.165) is 33.5 Å². The molecule has 1 N–H and O–H groups in total. The fraction of sp³-hybridized carbons (Fsp3) is 0.316. The summed E-state index contributed by atoms with van der Waals surface area (Å²) in [5.41, 5.74) is 0.971. The molecular formula is C19H19NO5S. The van der Waals surface area contributed by atoms with E-state index in [1.165, 1.54) is 11.8 Å². The summed E-state index contributed by atoms with van der Waals surface area (Å²) in [5, 5.41) is 2.73. The standard InChI is InChI=1S/C19H19NO5S/c1-12(26-14-3-5-15-18(9-14)23-7-6-22-15)19(21)20-10-13-2-4-16-17(8-13)25-11-24-16/h2-5,8-9,12H,6-7,10-11H2,1H3,(H,20,21)/t12-/m1/s1. The molecular weight excluding hydrogens is 354 g/mol. The third-order valence-electron chi connectivity index (χ3n) is 4.10. The van der Waals surface area contributed by atoms with E-state index in [0.29, 0.717) is 19.8 Å². The van der Waals surface area contributed by atoms with E-state index in [2.05, 4.69) is 5.32 Å². The number of thioether (sulfide) groups is 1. The van der Waals surface area contributed by atoms with Gasteiger partial charge in [-0.2, -0.15) is 0 Å². The van der Waals surface area contributed by atoms with Crippen molar-refractivity contribution in [3.8, 4) is 23.0 Å². The van der Waals surface area contributed by atoms with Crippen molar-refractivity contribution in [2.24, 2.45) is 0 Å². The molecule has 2 aromatic carbocycles. The maximum Gasteiger partial charge on any atom is 0.233 e. The van der Waals surface area contributed by atoms with Crippen LogP contribution in [-0.2, 0) is 11.3 Å². The Bertz CT molecular complexity index is 826. The first-order valence-electron chi connectivity index (χ1n) is 8.41. The number of fused-ring (bicyclic) bond motifs is 2. The molecule has 26 heavy (non-hydrogen) atoms. The number of carbonyl (C=O) groups is 1. The van der Waals surface area contributed by atoms with Crippen molar-refractivity contribution < 1.29 is 23.7 Å². The van der Waals surface area contributed by atoms with Gasteiger partial charge in [0.25, 0.3) is 0 Å². The first-order chi connectivity index (χ1) is 12.7. The number of rotatable bonds is 5. The van der Waals surface area contributed by atoms with Gasteiger partial charge in [0.15, 0.2) is 23.0 Å². The number of amides is 1. The Kier molecular flexibility index (Phi) is 4.79. The van der Waals surface area contributed by atoms with E-state index in [4.69, 9.17) is 18.9 Å². The quantitative estimate of drug-likeness (QED) is 0.813. The summed E-state index contributed by atoms with van der Waals surface area (Å²) in [6.45, 7) is 3.69. The van der Waals surface area contributed by atoms with Crippen LogP contribution in [0, 0.1) is 0 Å². The first kappa shape index (κ1) is 16.9. The van der Waals surface area contributed by atoms with Gasteiger partial charge in [0.2, 0.25) is 12.7 Å². The van der Waals surface area contributed by atoms with Gasteiger partial charge in [-0.05, 0) is 42.8 Å². The highest BCUT2D eigenvalue weighted by Crippen LogP contribution is 2.35. The Labute approximate surface area is 155 Å². The van der Waals surface area contributed by atoms with Crippen molar-refractivity contribution in [3.63, 3.8) is 0 Å². The molecule has 4 rings (SSSR count). The molecule has 0 fully saturated rings. The van der Waals surface area contributed by atoms with Gasteiger partial charge in [0.05, 0.1) is 5.25 Å². The van der Waals surface area contributed by atoms with E-state index in [1.54, 1.807) is 0 Å². The lowest BCUT2D eigenvalue weighted by molar-refractivity contribution is -0.120. The zero-order valence-electron chi connectivity index (χ0n) is 14.3. The zero-order valence-corrected chi connectivity index (χ0v) is 15.1. The number of benzene rings is 2. The summed E-state index contributed by atoms with van der Waals surface area (Å²) in [7, 11) is 0. The predicted octanol–water partition coefficient (Wildman–Crippen LogP) is 2.98. The van der Waals surface area contributed by atoms with Gasteiger partial charge in [-0.3, -0.25) is 4.79 Å². The third-order valence-corrected chi connectivity index (χ3v) is 5.19. The molecule has 0 aromatic heterocycles. The van der Waals surface area contributed by atoms with Gasteiger partial charge in [-0.15, -0.1) is 11.8 Å². The average Bonchev–Trinajstić information content (AvgIpc) is 3.13. The van der Waals surface area contributed by atoms with E-state index in [-0.39, 0.29) is 18.0 Å². The molecule has 0 unspecified atom stereocenters. The molecule has 0 saturated heterocycles. The summed E-state index contributed by atoms with van der Waals surface area (Å²) in [5.74, 6) is 2.91. The van der Waals surface area contributed by atoms with E-state index in [1.807, 2.05) is 43.3 Å². The van der Waals surface area contributed by atoms with Crippen LogP contribution in [0.3, 0.4) is 0 Å². The van der Waals surface area contributed by atoms with Gasteiger partial charge < -0.3 is 24.3 Å². The van der Waals surface area contributed by atoms with Gasteiger partial charge >= 0.3 is 0 Å². The van der Waals surface area contributed by atoms with Crippen LogP contribution < -0.4 is 24.3 Å². The summed E-state index contributed by atoms with van der Waals surface area (Å²) < 4.78 is 21.8. The average molecular weight is 373 g/mol. The van der Waals surface area contributed by atoms with Crippen LogP contribution in [-0.4, -0.2) is 31.2 Å². The molecule has 6 nitrogen and oxygen atoms in total. The SMILES string of the molecule is C[C@@H](Sc1ccc2c(c1)OCCO2)C(=O)NCc1ccc2c(c1)OCO2. The molecule has 1 atom stereocenters. The molecule has 0 saturated carbocycles. The second-order valence-corrected chi connectivity index (χ2v) is 7.39. The van der Waals surface area contributed by atoms with Crippen molar-refractivity contribution in [2.75, 3.05) is 20.0 Å². The Hall–Kier alpha value is -2.54. The van der Waals surface area contributed by atoms with Crippen molar-refractivity contribution in [2.45, 2.75) is 23.6 Å². The Morgan fingerprint density at radius 2 is 1.69 bits per heavy atom. The van der Waals surface area contributed by atoms with Crippen LogP contribution in [0.2, 0.25) is 0 Å². The molecule has 2 heterocycles. The minimum absolute atomic E-state index is 0.0254. The second kappa shape index (κ2) is 7.37. The monoisotopic (exact) mass is 373 g/mol. The zero-order chi connectivity index (χ0) is 17.9. The summed E-state index contributed by atoms with van der Waals surface area (Å²) in [4.78, 5) is 13.4. The van der Waals surface area contributed by atoms with Crippen molar-refractivity contribution in [1.82, 2.24) is 5.32 Å². The molecule has 136 valence electrons. The molecule has 0 spiro atoms. The van der Waals surface area contributed by atoms with Gasteiger partial charge in [-0.1, -0.05) is 6.07 Å². The smallest absolute Gasteiger partial charge is 0.233 e. The number of hydrogen-bond donors (Lipinski definition) is 1. The molecule has 2 aromatic rings. The highest BCUT2D eigenvalue weighted by Gasteiger charge is 2.18. The van der Waals surface area contributed by atoms with Crippen LogP contribution in [0.15, 0.2) is 41.3 Å². The maximum atomic E-state index is 12.4. The van der Waals surface area contributed by atoms with E-state index < -0.39 is 0 Å². The first-order valence-corrected chi connectivity index (χ1v) is 9.29. The highest BCUT2D eigenvalue weighted by atomic mass is 32.2. The largest absolute Gasteiger partial charge is 0.486 e. The molecule has 0 bridgehead atoms. The molecule has 0 radical (unpaired) electrons. The topological polar surface area (TPSA) is 66.0 Å². The highest BCUT2D eigenvalue weighted by molar-refractivity contribution is 8.00. The summed E-state index contributed by atoms with van der Waals surface area (Å²) >= 11 is 1.49. The lowest BCUT2D eigenvalue weighted by atomic mass is 10.2. The number of carbonyl (C=O) groups excluding carboxylic acids is 1. The van der Waals surface area contributed by atoms with E-state index in [9.17, 15) is 4.79 Å². The van der Waals surface area contributed by atoms with Gasteiger partial charge in [0.1, 0.15) is 13.2 Å². The molecule has 7 heteroatoms. The fourth-order valence-electron chi connectivity index (χ4n) is 2.74. The minimum atomic E-state index is -0.230. The van der Waals surface area contributed by atoms with Crippen molar-refractivity contribution in [3.05, 3.63) is 42.0 Å². The van der Waals surface area contributed by atoms with Crippen LogP contribution in [0.1, 0.15) is 12.5 Å².